The van der Waals surface area contributed by atoms with Gasteiger partial charge in [0.2, 0.25) is 0 Å². The van der Waals surface area contributed by atoms with Crippen LogP contribution in [0.3, 0.4) is 0 Å². The second-order valence-corrected chi connectivity index (χ2v) is 4.55. The minimum atomic E-state index is -0.977. The first-order chi connectivity index (χ1) is 8.52. The minimum Gasteiger partial charge on any atom is -0.494 e. The molecular formula is C13H14F2O3. The first-order valence-corrected chi connectivity index (χ1v) is 5.77. The standard InChI is InChI=1S/C13H14F2O3/c1-18-12-4-9(10(14)6-11(12)15)8(5-13(16)17)7-2-3-7/h4,6-8H,2-3,5H2,1H3,(H,16,17). The maximum absolute atomic E-state index is 13.8. The van der Waals surface area contributed by atoms with Crippen LogP contribution in [0.2, 0.25) is 0 Å². The third kappa shape index (κ3) is 2.60. The molecule has 2 rings (SSSR count). The Hall–Kier alpha value is -1.65. The maximum Gasteiger partial charge on any atom is 0.303 e. The average Bonchev–Trinajstić information content (AvgIpc) is 3.10. The Labute approximate surface area is 103 Å². The summed E-state index contributed by atoms with van der Waals surface area (Å²) in [4.78, 5) is 10.8. The quantitative estimate of drug-likeness (QED) is 0.881. The number of methoxy groups -OCH3 is 1. The fraction of sp³-hybridized carbons (Fsp3) is 0.462. The summed E-state index contributed by atoms with van der Waals surface area (Å²) in [5, 5.41) is 8.87. The predicted octanol–water partition coefficient (Wildman–Crippen LogP) is 2.94. The van der Waals surface area contributed by atoms with Gasteiger partial charge in [0.15, 0.2) is 11.6 Å². The lowest BCUT2D eigenvalue weighted by atomic mass is 9.90. The molecule has 1 unspecified atom stereocenters. The van der Waals surface area contributed by atoms with Gasteiger partial charge in [0.05, 0.1) is 13.5 Å². The number of carbonyl (C=O) groups is 1. The fourth-order valence-electron chi connectivity index (χ4n) is 2.20. The second kappa shape index (κ2) is 4.92. The van der Waals surface area contributed by atoms with Crippen LogP contribution in [-0.4, -0.2) is 18.2 Å². The van der Waals surface area contributed by atoms with E-state index in [9.17, 15) is 13.6 Å². The first kappa shape index (κ1) is 12.8. The number of aliphatic carboxylic acids is 1. The Kier molecular flexibility index (Phi) is 3.50. The van der Waals surface area contributed by atoms with Crippen LogP contribution in [0.25, 0.3) is 0 Å². The van der Waals surface area contributed by atoms with E-state index in [0.717, 1.165) is 18.9 Å². The summed E-state index contributed by atoms with van der Waals surface area (Å²) in [6, 6.07) is 2.03. The number of hydrogen-bond donors (Lipinski definition) is 1. The Morgan fingerprint density at radius 3 is 2.61 bits per heavy atom. The lowest BCUT2D eigenvalue weighted by Crippen LogP contribution is -2.11. The van der Waals surface area contributed by atoms with Gasteiger partial charge in [0.25, 0.3) is 0 Å². The van der Waals surface area contributed by atoms with Gasteiger partial charge in [0, 0.05) is 12.0 Å². The zero-order chi connectivity index (χ0) is 13.3. The van der Waals surface area contributed by atoms with Crippen molar-refractivity contribution < 1.29 is 23.4 Å². The summed E-state index contributed by atoms with van der Waals surface area (Å²) in [7, 11) is 1.30. The summed E-state index contributed by atoms with van der Waals surface area (Å²) < 4.78 is 31.9. The molecular weight excluding hydrogens is 242 g/mol. The SMILES string of the molecule is COc1cc(C(CC(=O)O)C2CC2)c(F)cc1F. The molecule has 1 aromatic rings. The molecule has 0 radical (unpaired) electrons. The molecule has 1 N–H and O–H groups in total. The molecule has 1 aliphatic carbocycles. The molecule has 98 valence electrons. The maximum atomic E-state index is 13.8. The molecule has 1 aliphatic rings. The highest BCUT2D eigenvalue weighted by Gasteiger charge is 2.35. The summed E-state index contributed by atoms with van der Waals surface area (Å²) in [5.74, 6) is -2.74. The monoisotopic (exact) mass is 256 g/mol. The Bertz CT molecular complexity index is 470. The van der Waals surface area contributed by atoms with E-state index < -0.39 is 23.5 Å². The molecule has 0 heterocycles. The van der Waals surface area contributed by atoms with Gasteiger partial charge in [-0.25, -0.2) is 8.78 Å². The Balaban J connectivity index is 2.37. The van der Waals surface area contributed by atoms with Crippen molar-refractivity contribution in [2.24, 2.45) is 5.92 Å². The summed E-state index contributed by atoms with van der Waals surface area (Å²) in [6.07, 6.45) is 1.63. The first-order valence-electron chi connectivity index (χ1n) is 5.77. The van der Waals surface area contributed by atoms with Gasteiger partial charge < -0.3 is 9.84 Å². The molecule has 18 heavy (non-hydrogen) atoms. The van der Waals surface area contributed by atoms with E-state index in [4.69, 9.17) is 9.84 Å². The third-order valence-electron chi connectivity index (χ3n) is 3.26. The molecule has 1 saturated carbocycles. The van der Waals surface area contributed by atoms with Crippen molar-refractivity contribution in [2.45, 2.75) is 25.2 Å². The van der Waals surface area contributed by atoms with Crippen molar-refractivity contribution in [3.8, 4) is 5.75 Å². The van der Waals surface area contributed by atoms with Crippen molar-refractivity contribution >= 4 is 5.97 Å². The van der Waals surface area contributed by atoms with Gasteiger partial charge in [-0.05, 0) is 30.4 Å². The van der Waals surface area contributed by atoms with Crippen molar-refractivity contribution in [3.05, 3.63) is 29.3 Å². The molecule has 0 saturated heterocycles. The number of hydrogen-bond acceptors (Lipinski definition) is 2. The number of benzene rings is 1. The van der Waals surface area contributed by atoms with Crippen LogP contribution in [-0.2, 0) is 4.79 Å². The molecule has 0 amide bonds. The van der Waals surface area contributed by atoms with Crippen LogP contribution in [0.15, 0.2) is 12.1 Å². The zero-order valence-electron chi connectivity index (χ0n) is 9.95. The van der Waals surface area contributed by atoms with E-state index in [2.05, 4.69) is 0 Å². The molecule has 0 aliphatic heterocycles. The van der Waals surface area contributed by atoms with E-state index in [1.165, 1.54) is 13.2 Å². The van der Waals surface area contributed by atoms with Gasteiger partial charge in [0.1, 0.15) is 5.82 Å². The lowest BCUT2D eigenvalue weighted by Gasteiger charge is -2.16. The topological polar surface area (TPSA) is 46.5 Å². The number of carboxylic acids is 1. The Morgan fingerprint density at radius 1 is 1.44 bits per heavy atom. The highest BCUT2D eigenvalue weighted by molar-refractivity contribution is 5.68. The highest BCUT2D eigenvalue weighted by atomic mass is 19.1. The van der Waals surface area contributed by atoms with E-state index >= 15 is 0 Å². The van der Waals surface area contributed by atoms with Gasteiger partial charge in [-0.15, -0.1) is 0 Å². The summed E-state index contributed by atoms with van der Waals surface area (Å²) >= 11 is 0. The number of halogens is 2. The van der Waals surface area contributed by atoms with Crippen molar-refractivity contribution in [2.75, 3.05) is 7.11 Å². The van der Waals surface area contributed by atoms with E-state index in [0.29, 0.717) is 0 Å². The fourth-order valence-corrected chi connectivity index (χ4v) is 2.20. The second-order valence-electron chi connectivity index (χ2n) is 4.55. The molecule has 5 heteroatoms. The van der Waals surface area contributed by atoms with E-state index in [1.54, 1.807) is 0 Å². The van der Waals surface area contributed by atoms with E-state index in [-0.39, 0.29) is 23.7 Å². The number of rotatable bonds is 5. The van der Waals surface area contributed by atoms with Gasteiger partial charge in [-0.3, -0.25) is 4.79 Å². The number of carboxylic acid groups (broad SMARTS) is 1. The molecule has 1 aromatic carbocycles. The van der Waals surface area contributed by atoms with Crippen LogP contribution in [0.4, 0.5) is 8.78 Å². The minimum absolute atomic E-state index is 0.0533. The van der Waals surface area contributed by atoms with Gasteiger partial charge >= 0.3 is 5.97 Å². The number of ether oxygens (including phenoxy) is 1. The van der Waals surface area contributed by atoms with E-state index in [1.807, 2.05) is 0 Å². The Morgan fingerprint density at radius 2 is 2.11 bits per heavy atom. The zero-order valence-corrected chi connectivity index (χ0v) is 9.95. The van der Waals surface area contributed by atoms with Gasteiger partial charge in [-0.2, -0.15) is 0 Å². The predicted molar refractivity (Wildman–Crippen MR) is 60.6 cm³/mol. The van der Waals surface area contributed by atoms with Crippen molar-refractivity contribution in [1.82, 2.24) is 0 Å². The molecule has 0 bridgehead atoms. The molecule has 0 spiro atoms. The molecule has 1 fully saturated rings. The van der Waals surface area contributed by atoms with Crippen LogP contribution in [0, 0.1) is 17.6 Å². The van der Waals surface area contributed by atoms with Crippen molar-refractivity contribution in [3.63, 3.8) is 0 Å². The molecule has 1 atom stereocenters. The molecule has 3 nitrogen and oxygen atoms in total. The normalized spacial score (nSPS) is 16.4. The van der Waals surface area contributed by atoms with Gasteiger partial charge in [-0.1, -0.05) is 0 Å². The summed E-state index contributed by atoms with van der Waals surface area (Å²) in [5.41, 5.74) is 0.234. The lowest BCUT2D eigenvalue weighted by molar-refractivity contribution is -0.137. The van der Waals surface area contributed by atoms with Crippen molar-refractivity contribution in [1.29, 1.82) is 0 Å². The van der Waals surface area contributed by atoms with Crippen LogP contribution in [0.1, 0.15) is 30.7 Å². The summed E-state index contributed by atoms with van der Waals surface area (Å²) in [6.45, 7) is 0. The molecule has 0 aromatic heterocycles. The smallest absolute Gasteiger partial charge is 0.303 e. The van der Waals surface area contributed by atoms with Crippen LogP contribution in [0.5, 0.6) is 5.75 Å². The highest BCUT2D eigenvalue weighted by Crippen LogP contribution is 2.46. The third-order valence-corrected chi connectivity index (χ3v) is 3.26. The average molecular weight is 256 g/mol. The van der Waals surface area contributed by atoms with Crippen LogP contribution >= 0.6 is 0 Å². The largest absolute Gasteiger partial charge is 0.494 e. The van der Waals surface area contributed by atoms with Crippen LogP contribution < -0.4 is 4.74 Å².